The summed E-state index contributed by atoms with van der Waals surface area (Å²) in [5.74, 6) is 2.66. The summed E-state index contributed by atoms with van der Waals surface area (Å²) < 4.78 is 0. The number of terminal acetylenes is 1. The van der Waals surface area contributed by atoms with Gasteiger partial charge in [0.2, 0.25) is 0 Å². The maximum absolute atomic E-state index is 9.98. The van der Waals surface area contributed by atoms with Crippen LogP contribution >= 0.6 is 0 Å². The molecule has 0 aliphatic rings. The van der Waals surface area contributed by atoms with Crippen LogP contribution in [-0.4, -0.2) is 17.7 Å². The Bertz CT molecular complexity index is 439. The van der Waals surface area contributed by atoms with E-state index in [0.29, 0.717) is 12.1 Å². The Morgan fingerprint density at radius 1 is 1.39 bits per heavy atom. The first kappa shape index (κ1) is 14.3. The van der Waals surface area contributed by atoms with Gasteiger partial charge in [-0.3, -0.25) is 0 Å². The lowest BCUT2D eigenvalue weighted by molar-refractivity contribution is 0.172. The highest BCUT2D eigenvalue weighted by molar-refractivity contribution is 5.32. The summed E-state index contributed by atoms with van der Waals surface area (Å²) in [6.07, 6.45) is 6.69. The molecule has 0 amide bonds. The van der Waals surface area contributed by atoms with Crippen LogP contribution in [0.4, 0.5) is 0 Å². The standard InChI is InChI=1S/C15H18N2O/c1-3-5-14(4-2)17-11-15(18)13-8-6-12(10-16)7-9-13/h2,6-9,14-15,17-18H,3,5,11H2,1H3. The third-order valence-corrected chi connectivity index (χ3v) is 2.76. The number of aliphatic hydroxyl groups excluding tert-OH is 1. The fraction of sp³-hybridized carbons (Fsp3) is 0.400. The maximum Gasteiger partial charge on any atom is 0.0991 e. The number of benzene rings is 1. The molecule has 0 radical (unpaired) electrons. The molecule has 0 heterocycles. The van der Waals surface area contributed by atoms with E-state index in [1.165, 1.54) is 0 Å². The van der Waals surface area contributed by atoms with E-state index in [1.807, 2.05) is 6.07 Å². The highest BCUT2D eigenvalue weighted by Gasteiger charge is 2.10. The average Bonchev–Trinajstić information content (AvgIpc) is 2.43. The van der Waals surface area contributed by atoms with Gasteiger partial charge in [0.1, 0.15) is 0 Å². The van der Waals surface area contributed by atoms with Crippen molar-refractivity contribution in [2.24, 2.45) is 0 Å². The molecule has 2 atom stereocenters. The molecule has 0 aliphatic carbocycles. The molecule has 18 heavy (non-hydrogen) atoms. The number of nitriles is 1. The smallest absolute Gasteiger partial charge is 0.0991 e. The van der Waals surface area contributed by atoms with Crippen LogP contribution in [-0.2, 0) is 0 Å². The van der Waals surface area contributed by atoms with E-state index in [9.17, 15) is 5.11 Å². The van der Waals surface area contributed by atoms with Crippen molar-refractivity contribution in [2.45, 2.75) is 31.9 Å². The predicted octanol–water partition coefficient (Wildman–Crippen LogP) is 1.98. The fourth-order valence-corrected chi connectivity index (χ4v) is 1.68. The molecule has 0 aliphatic heterocycles. The molecular formula is C15H18N2O. The Labute approximate surface area is 108 Å². The number of rotatable bonds is 6. The van der Waals surface area contributed by atoms with Crippen molar-refractivity contribution >= 4 is 0 Å². The Balaban J connectivity index is 2.52. The topological polar surface area (TPSA) is 56.0 Å². The third kappa shape index (κ3) is 4.22. The molecule has 0 spiro atoms. The van der Waals surface area contributed by atoms with E-state index >= 15 is 0 Å². The SMILES string of the molecule is C#CC(CCC)NCC(O)c1ccc(C#N)cc1. The second-order valence-electron chi connectivity index (χ2n) is 4.17. The van der Waals surface area contributed by atoms with E-state index in [1.54, 1.807) is 24.3 Å². The summed E-state index contributed by atoms with van der Waals surface area (Å²) in [5.41, 5.74) is 1.38. The number of aliphatic hydroxyl groups is 1. The van der Waals surface area contributed by atoms with Crippen LogP contribution in [0.2, 0.25) is 0 Å². The highest BCUT2D eigenvalue weighted by atomic mass is 16.3. The van der Waals surface area contributed by atoms with Gasteiger partial charge in [0, 0.05) is 6.54 Å². The highest BCUT2D eigenvalue weighted by Crippen LogP contribution is 2.13. The summed E-state index contributed by atoms with van der Waals surface area (Å²) in [5, 5.41) is 21.8. The van der Waals surface area contributed by atoms with Gasteiger partial charge in [-0.15, -0.1) is 6.42 Å². The van der Waals surface area contributed by atoms with Gasteiger partial charge in [-0.2, -0.15) is 5.26 Å². The van der Waals surface area contributed by atoms with Gasteiger partial charge in [0.15, 0.2) is 0 Å². The van der Waals surface area contributed by atoms with Gasteiger partial charge in [-0.05, 0) is 24.1 Å². The van der Waals surface area contributed by atoms with Gasteiger partial charge in [-0.25, -0.2) is 0 Å². The molecule has 1 rings (SSSR count). The summed E-state index contributed by atoms with van der Waals surface area (Å²) in [4.78, 5) is 0. The van der Waals surface area contributed by atoms with Crippen LogP contribution in [0, 0.1) is 23.7 Å². The molecule has 94 valence electrons. The van der Waals surface area contributed by atoms with Crippen molar-refractivity contribution in [1.82, 2.24) is 5.32 Å². The average molecular weight is 242 g/mol. The molecular weight excluding hydrogens is 224 g/mol. The van der Waals surface area contributed by atoms with Crippen LogP contribution < -0.4 is 5.32 Å². The van der Waals surface area contributed by atoms with Crippen molar-refractivity contribution in [3.8, 4) is 18.4 Å². The lowest BCUT2D eigenvalue weighted by Gasteiger charge is -2.16. The molecule has 2 N–H and O–H groups in total. The molecule has 3 nitrogen and oxygen atoms in total. The van der Waals surface area contributed by atoms with Gasteiger partial charge >= 0.3 is 0 Å². The molecule has 1 aromatic rings. The zero-order chi connectivity index (χ0) is 13.4. The van der Waals surface area contributed by atoms with E-state index in [0.717, 1.165) is 18.4 Å². The summed E-state index contributed by atoms with van der Waals surface area (Å²) in [7, 11) is 0. The van der Waals surface area contributed by atoms with Crippen molar-refractivity contribution in [3.05, 3.63) is 35.4 Å². The van der Waals surface area contributed by atoms with Crippen molar-refractivity contribution < 1.29 is 5.11 Å². The zero-order valence-corrected chi connectivity index (χ0v) is 10.6. The van der Waals surface area contributed by atoms with Crippen LogP contribution in [0.5, 0.6) is 0 Å². The normalized spacial score (nSPS) is 13.3. The zero-order valence-electron chi connectivity index (χ0n) is 10.6. The fourth-order valence-electron chi connectivity index (χ4n) is 1.68. The predicted molar refractivity (Wildman–Crippen MR) is 71.6 cm³/mol. The van der Waals surface area contributed by atoms with Crippen LogP contribution in [0.15, 0.2) is 24.3 Å². The monoisotopic (exact) mass is 242 g/mol. The molecule has 2 unspecified atom stereocenters. The molecule has 0 bridgehead atoms. The molecule has 0 saturated carbocycles. The molecule has 0 aromatic heterocycles. The van der Waals surface area contributed by atoms with Gasteiger partial charge < -0.3 is 10.4 Å². The minimum atomic E-state index is -0.606. The number of hydrogen-bond donors (Lipinski definition) is 2. The van der Waals surface area contributed by atoms with E-state index in [4.69, 9.17) is 11.7 Å². The summed E-state index contributed by atoms with van der Waals surface area (Å²) >= 11 is 0. The number of nitrogens with zero attached hydrogens (tertiary/aromatic N) is 1. The van der Waals surface area contributed by atoms with Crippen molar-refractivity contribution in [2.75, 3.05) is 6.54 Å². The summed E-state index contributed by atoms with van der Waals surface area (Å²) in [6.45, 7) is 2.49. The van der Waals surface area contributed by atoms with E-state index in [-0.39, 0.29) is 6.04 Å². The Morgan fingerprint density at radius 2 is 2.06 bits per heavy atom. The second kappa shape index (κ2) is 7.50. The quantitative estimate of drug-likeness (QED) is 0.750. The lowest BCUT2D eigenvalue weighted by Crippen LogP contribution is -2.31. The third-order valence-electron chi connectivity index (χ3n) is 2.76. The second-order valence-corrected chi connectivity index (χ2v) is 4.17. The summed E-state index contributed by atoms with van der Waals surface area (Å²) in [6, 6.07) is 8.96. The molecule has 3 heteroatoms. The Morgan fingerprint density at radius 3 is 2.56 bits per heavy atom. The van der Waals surface area contributed by atoms with Crippen LogP contribution in [0.1, 0.15) is 37.0 Å². The Kier molecular flexibility index (Phi) is 5.94. The first-order valence-corrected chi connectivity index (χ1v) is 6.09. The first-order chi connectivity index (χ1) is 8.71. The lowest BCUT2D eigenvalue weighted by atomic mass is 10.1. The molecule has 0 fully saturated rings. The van der Waals surface area contributed by atoms with Crippen LogP contribution in [0.25, 0.3) is 0 Å². The number of hydrogen-bond acceptors (Lipinski definition) is 3. The minimum Gasteiger partial charge on any atom is -0.387 e. The van der Waals surface area contributed by atoms with Gasteiger partial charge in [0.25, 0.3) is 0 Å². The van der Waals surface area contributed by atoms with Gasteiger partial charge in [-0.1, -0.05) is 31.4 Å². The minimum absolute atomic E-state index is 0.00281. The van der Waals surface area contributed by atoms with Crippen molar-refractivity contribution in [3.63, 3.8) is 0 Å². The van der Waals surface area contributed by atoms with E-state index in [2.05, 4.69) is 18.2 Å². The maximum atomic E-state index is 9.98. The van der Waals surface area contributed by atoms with Crippen LogP contribution in [0.3, 0.4) is 0 Å². The first-order valence-electron chi connectivity index (χ1n) is 6.09. The Hall–Kier alpha value is -1.81. The van der Waals surface area contributed by atoms with Crippen molar-refractivity contribution in [1.29, 1.82) is 5.26 Å². The molecule has 0 saturated heterocycles. The largest absolute Gasteiger partial charge is 0.387 e. The van der Waals surface area contributed by atoms with Gasteiger partial charge in [0.05, 0.1) is 23.8 Å². The van der Waals surface area contributed by atoms with E-state index < -0.39 is 6.10 Å². The molecule has 1 aromatic carbocycles. The number of nitrogens with one attached hydrogen (secondary N) is 1.